The van der Waals surface area contributed by atoms with Crippen molar-refractivity contribution >= 4 is 0 Å². The van der Waals surface area contributed by atoms with Crippen LogP contribution in [-0.2, 0) is 0 Å². The summed E-state index contributed by atoms with van der Waals surface area (Å²) in [5.41, 5.74) is 0. The molecule has 0 unspecified atom stereocenters. The second-order valence-electron chi connectivity index (χ2n) is 2.09. The Morgan fingerprint density at radius 3 is 2.78 bits per heavy atom. The molecule has 0 amide bonds. The minimum Gasteiger partial charge on any atom is -0.314 e. The Bertz CT molecular complexity index is 226. The highest BCUT2D eigenvalue weighted by Crippen LogP contribution is 1.97. The van der Waals surface area contributed by atoms with Crippen molar-refractivity contribution in [2.45, 2.75) is 19.7 Å². The molecule has 0 saturated carbocycles. The summed E-state index contributed by atoms with van der Waals surface area (Å²) in [6.07, 6.45) is 0. The minimum atomic E-state index is -2.85. The van der Waals surface area contributed by atoms with Crippen LogP contribution in [-0.4, -0.2) is 37.1 Å². The van der Waals surface area contributed by atoms with Crippen LogP contribution >= 0.6 is 0 Å². The molecule has 0 aliphatic carbocycles. The zero-order chi connectivity index (χ0) is 12.6. The lowest BCUT2D eigenvalue weighted by molar-refractivity contribution is 0.196. The first-order chi connectivity index (χ1) is 7.11. The predicted octanol–water partition coefficient (Wildman–Crippen LogP) is 0.300. The number of hydrogen-bond acceptors (Lipinski definition) is 2. The zero-order valence-corrected chi connectivity index (χ0v) is 5.28. The third kappa shape index (κ3) is 1.95. The highest BCUT2D eigenvalue weighted by Gasteiger charge is 2.11. The molecule has 0 aromatic rings. The molecule has 1 fully saturated rings. The lowest BCUT2D eigenvalue weighted by atomic mass is 10.3. The van der Waals surface area contributed by atoms with Gasteiger partial charge in [0.05, 0.1) is 0 Å². The van der Waals surface area contributed by atoms with Crippen molar-refractivity contribution in [1.29, 1.82) is 0 Å². The normalized spacial score (nSPS) is 38.4. The van der Waals surface area contributed by atoms with Crippen LogP contribution in [0.15, 0.2) is 0 Å². The van der Waals surface area contributed by atoms with E-state index in [1.807, 2.05) is 0 Å². The van der Waals surface area contributed by atoms with Crippen LogP contribution in [0.25, 0.3) is 0 Å². The van der Waals surface area contributed by atoms with Crippen LogP contribution in [0, 0.1) is 0 Å². The smallest absolute Gasteiger partial charge is 0.0461 e. The van der Waals surface area contributed by atoms with Gasteiger partial charge in [-0.25, -0.2) is 0 Å². The summed E-state index contributed by atoms with van der Waals surface area (Å²) >= 11 is 0. The van der Waals surface area contributed by atoms with E-state index in [1.54, 1.807) is 0 Å². The molecule has 2 heteroatoms. The highest BCUT2D eigenvalue weighted by molar-refractivity contribution is 4.69. The Labute approximate surface area is 67.1 Å². The third-order valence-corrected chi connectivity index (χ3v) is 1.43. The molecule has 0 aromatic heterocycles. The van der Waals surface area contributed by atoms with Gasteiger partial charge in [-0.3, -0.25) is 4.90 Å². The van der Waals surface area contributed by atoms with E-state index >= 15 is 0 Å². The first-order valence-electron chi connectivity index (χ1n) is 6.56. The van der Waals surface area contributed by atoms with Gasteiger partial charge in [-0.1, -0.05) is 0 Å². The average molecular weight is 135 g/mol. The molecule has 1 N–H and O–H groups in total. The first kappa shape index (κ1) is 2.21. The second-order valence-corrected chi connectivity index (χ2v) is 2.09. The monoisotopic (exact) mass is 135 g/mol. The first-order valence-corrected chi connectivity index (χ1v) is 3.06. The number of rotatable bonds is 1. The average Bonchev–Trinajstić information content (AvgIpc) is 2.14. The van der Waals surface area contributed by atoms with Crippen molar-refractivity contribution in [3.63, 3.8) is 0 Å². The molecule has 0 aromatic carbocycles. The molecular weight excluding hydrogens is 112 g/mol. The Kier molecular flexibility index (Phi) is 0.780. The molecule has 0 spiro atoms. The standard InChI is InChI=1S/C7H16N2/c1-7(2)9-5-3-8-4-6-9/h7-8H,3-6H2,1-2H3/i1D3,2D3,7D. The van der Waals surface area contributed by atoms with Crippen molar-refractivity contribution in [2.75, 3.05) is 26.2 Å². The predicted molar refractivity (Wildman–Crippen MR) is 39.6 cm³/mol. The van der Waals surface area contributed by atoms with E-state index in [-0.39, 0.29) is 13.1 Å². The molecule has 1 aliphatic heterocycles. The maximum atomic E-state index is 7.89. The fourth-order valence-electron chi connectivity index (χ4n) is 0.888. The van der Waals surface area contributed by atoms with Gasteiger partial charge in [-0.2, -0.15) is 0 Å². The van der Waals surface area contributed by atoms with Crippen molar-refractivity contribution in [1.82, 2.24) is 10.2 Å². The molecule has 0 radical (unpaired) electrons. The van der Waals surface area contributed by atoms with E-state index in [1.165, 1.54) is 4.90 Å². The molecular formula is C7H16N2. The van der Waals surface area contributed by atoms with Gasteiger partial charge in [-0.15, -0.1) is 0 Å². The summed E-state index contributed by atoms with van der Waals surface area (Å²) in [7, 11) is 0. The fourth-order valence-corrected chi connectivity index (χ4v) is 0.888. The molecule has 1 saturated heterocycles. The summed E-state index contributed by atoms with van der Waals surface area (Å²) in [4.78, 5) is 1.23. The van der Waals surface area contributed by atoms with Gasteiger partial charge in [0.1, 0.15) is 0 Å². The molecule has 54 valence electrons. The van der Waals surface area contributed by atoms with Gasteiger partial charge in [0.25, 0.3) is 0 Å². The SMILES string of the molecule is [2H]C([2H])([2H])C([2H])(N1CCNCC1)C([2H])([2H])[2H]. The number of hydrogen-bond donors (Lipinski definition) is 1. The van der Waals surface area contributed by atoms with E-state index in [9.17, 15) is 0 Å². The van der Waals surface area contributed by atoms with Crippen molar-refractivity contribution in [3.05, 3.63) is 0 Å². The van der Waals surface area contributed by atoms with E-state index in [0.29, 0.717) is 13.1 Å². The fraction of sp³-hybridized carbons (Fsp3) is 1.00. The molecule has 0 bridgehead atoms. The van der Waals surface area contributed by atoms with Crippen molar-refractivity contribution in [3.8, 4) is 0 Å². The molecule has 1 heterocycles. The minimum absolute atomic E-state index is 0.264. The highest BCUT2D eigenvalue weighted by atomic mass is 15.2. The number of piperazine rings is 1. The molecule has 2 nitrogen and oxygen atoms in total. The Hall–Kier alpha value is -0.0800. The molecule has 0 atom stereocenters. The zero-order valence-electron chi connectivity index (χ0n) is 12.3. The van der Waals surface area contributed by atoms with Gasteiger partial charge >= 0.3 is 0 Å². The summed E-state index contributed by atoms with van der Waals surface area (Å²) in [6.45, 7) is -4.16. The Morgan fingerprint density at radius 2 is 2.22 bits per heavy atom. The van der Waals surface area contributed by atoms with Crippen LogP contribution in [0.2, 0.25) is 0 Å². The van der Waals surface area contributed by atoms with Crippen LogP contribution < -0.4 is 5.32 Å². The van der Waals surface area contributed by atoms with Crippen LogP contribution in [0.5, 0.6) is 0 Å². The molecule has 1 aliphatic rings. The largest absolute Gasteiger partial charge is 0.314 e. The summed E-state index contributed by atoms with van der Waals surface area (Å²) in [5, 5.41) is 3.00. The van der Waals surface area contributed by atoms with Gasteiger partial charge < -0.3 is 5.32 Å². The number of nitrogens with one attached hydrogen (secondary N) is 1. The lowest BCUT2D eigenvalue weighted by Gasteiger charge is -2.30. The maximum Gasteiger partial charge on any atom is 0.0461 e. The van der Waals surface area contributed by atoms with Crippen LogP contribution in [0.1, 0.15) is 23.3 Å². The van der Waals surface area contributed by atoms with E-state index in [0.717, 1.165) is 0 Å². The van der Waals surface area contributed by atoms with Crippen LogP contribution in [0.4, 0.5) is 0 Å². The van der Waals surface area contributed by atoms with Gasteiger partial charge in [0.2, 0.25) is 0 Å². The maximum absolute atomic E-state index is 7.89. The van der Waals surface area contributed by atoms with Crippen molar-refractivity contribution in [2.24, 2.45) is 0 Å². The summed E-state index contributed by atoms with van der Waals surface area (Å²) in [5.74, 6) is 0. The van der Waals surface area contributed by atoms with Gasteiger partial charge in [0, 0.05) is 41.8 Å². The molecule has 9 heavy (non-hydrogen) atoms. The van der Waals surface area contributed by atoms with Gasteiger partial charge in [-0.05, 0) is 13.7 Å². The molecule has 1 rings (SSSR count). The third-order valence-electron chi connectivity index (χ3n) is 1.43. The topological polar surface area (TPSA) is 15.3 Å². The van der Waals surface area contributed by atoms with E-state index < -0.39 is 19.7 Å². The van der Waals surface area contributed by atoms with Crippen LogP contribution in [0.3, 0.4) is 0 Å². The quantitative estimate of drug-likeness (QED) is 0.556. The van der Waals surface area contributed by atoms with E-state index in [4.69, 9.17) is 9.60 Å². The van der Waals surface area contributed by atoms with Crippen molar-refractivity contribution < 1.29 is 9.60 Å². The Balaban J connectivity index is 3.04. The number of nitrogens with zero attached hydrogens (tertiary/aromatic N) is 1. The summed E-state index contributed by atoms with van der Waals surface area (Å²) < 4.78 is 51.7. The second kappa shape index (κ2) is 3.18. The van der Waals surface area contributed by atoms with Gasteiger partial charge in [0.15, 0.2) is 0 Å². The summed E-state index contributed by atoms with van der Waals surface area (Å²) in [6, 6.07) is -2.51. The Morgan fingerprint density at radius 1 is 1.56 bits per heavy atom. The lowest BCUT2D eigenvalue weighted by Crippen LogP contribution is -2.46. The van der Waals surface area contributed by atoms with E-state index in [2.05, 4.69) is 5.32 Å².